The molecular formula is C17H16ClFN6O2. The van der Waals surface area contributed by atoms with E-state index in [2.05, 4.69) is 20.7 Å². The van der Waals surface area contributed by atoms with Crippen LogP contribution < -0.4 is 15.4 Å². The largest absolute Gasteiger partial charge is 0.478 e. The highest BCUT2D eigenvalue weighted by atomic mass is 35.5. The standard InChI is InChI=1S/C17H15FN6O2.ClH/c18-12-5-10(6-13-16(12)26-9-15(25)21-13)23-3-2-20-17(23)14-7-11-8-19-1-4-24(11)22-14;/h2-3,5-7,19H,1,4,8-9H2,(H,21,25);1H. The van der Waals surface area contributed by atoms with Gasteiger partial charge in [-0.2, -0.15) is 5.10 Å². The molecule has 0 fully saturated rings. The van der Waals surface area contributed by atoms with Gasteiger partial charge in [0, 0.05) is 31.5 Å². The van der Waals surface area contributed by atoms with E-state index in [1.807, 2.05) is 10.7 Å². The van der Waals surface area contributed by atoms with E-state index >= 15 is 0 Å². The quantitative estimate of drug-likeness (QED) is 0.696. The van der Waals surface area contributed by atoms with Crippen LogP contribution in [0.4, 0.5) is 10.1 Å². The molecule has 3 aromatic rings. The van der Waals surface area contributed by atoms with Crippen molar-refractivity contribution in [1.82, 2.24) is 24.6 Å². The maximum atomic E-state index is 14.4. The van der Waals surface area contributed by atoms with Crippen molar-refractivity contribution in [2.75, 3.05) is 18.5 Å². The summed E-state index contributed by atoms with van der Waals surface area (Å²) >= 11 is 0. The number of amides is 1. The minimum atomic E-state index is -0.537. The molecule has 8 nitrogen and oxygen atoms in total. The molecule has 0 radical (unpaired) electrons. The van der Waals surface area contributed by atoms with E-state index in [0.29, 0.717) is 22.9 Å². The van der Waals surface area contributed by atoms with E-state index < -0.39 is 5.82 Å². The highest BCUT2D eigenvalue weighted by Gasteiger charge is 2.23. The molecule has 4 heterocycles. The van der Waals surface area contributed by atoms with Crippen molar-refractivity contribution in [3.8, 4) is 23.0 Å². The zero-order valence-electron chi connectivity index (χ0n) is 14.1. The Morgan fingerprint density at radius 1 is 1.26 bits per heavy atom. The number of anilines is 1. The van der Waals surface area contributed by atoms with E-state index in [9.17, 15) is 9.18 Å². The minimum Gasteiger partial charge on any atom is -0.478 e. The van der Waals surface area contributed by atoms with Crippen LogP contribution in [0.5, 0.6) is 5.75 Å². The molecule has 0 spiro atoms. The maximum absolute atomic E-state index is 14.4. The van der Waals surface area contributed by atoms with E-state index in [4.69, 9.17) is 4.74 Å². The van der Waals surface area contributed by atoms with E-state index in [0.717, 1.165) is 25.3 Å². The summed E-state index contributed by atoms with van der Waals surface area (Å²) < 4.78 is 23.3. The van der Waals surface area contributed by atoms with Crippen molar-refractivity contribution < 1.29 is 13.9 Å². The van der Waals surface area contributed by atoms with Gasteiger partial charge in [0.1, 0.15) is 5.69 Å². The van der Waals surface area contributed by atoms with Crippen molar-refractivity contribution in [3.63, 3.8) is 0 Å². The van der Waals surface area contributed by atoms with Gasteiger partial charge >= 0.3 is 0 Å². The van der Waals surface area contributed by atoms with Crippen LogP contribution in [0.1, 0.15) is 5.69 Å². The molecule has 0 unspecified atom stereocenters. The summed E-state index contributed by atoms with van der Waals surface area (Å²) in [5.41, 5.74) is 2.64. The van der Waals surface area contributed by atoms with Gasteiger partial charge in [-0.15, -0.1) is 12.4 Å². The molecule has 2 aliphatic rings. The Morgan fingerprint density at radius 2 is 2.15 bits per heavy atom. The first-order valence-electron chi connectivity index (χ1n) is 8.27. The highest BCUT2D eigenvalue weighted by Crippen LogP contribution is 2.34. The molecule has 1 amide bonds. The van der Waals surface area contributed by atoms with Crippen molar-refractivity contribution in [1.29, 1.82) is 0 Å². The lowest BCUT2D eigenvalue weighted by Gasteiger charge is -2.19. The first-order valence-corrected chi connectivity index (χ1v) is 8.27. The molecule has 27 heavy (non-hydrogen) atoms. The number of benzene rings is 1. The summed E-state index contributed by atoms with van der Waals surface area (Å²) in [5.74, 6) is -0.187. The molecule has 0 saturated heterocycles. The lowest BCUT2D eigenvalue weighted by atomic mass is 10.2. The van der Waals surface area contributed by atoms with Crippen LogP contribution >= 0.6 is 12.4 Å². The lowest BCUT2D eigenvalue weighted by molar-refractivity contribution is -0.118. The Labute approximate surface area is 159 Å². The van der Waals surface area contributed by atoms with Gasteiger partial charge in [-0.25, -0.2) is 9.37 Å². The topological polar surface area (TPSA) is 86.0 Å². The number of hydrogen-bond donors (Lipinski definition) is 2. The summed E-state index contributed by atoms with van der Waals surface area (Å²) in [5, 5.41) is 10.5. The fourth-order valence-corrected chi connectivity index (χ4v) is 3.29. The van der Waals surface area contributed by atoms with Gasteiger partial charge in [0.15, 0.2) is 24.0 Å². The smallest absolute Gasteiger partial charge is 0.262 e. The second-order valence-corrected chi connectivity index (χ2v) is 6.18. The number of halogens is 2. The lowest BCUT2D eigenvalue weighted by Crippen LogP contribution is -2.28. The summed E-state index contributed by atoms with van der Waals surface area (Å²) in [7, 11) is 0. The second-order valence-electron chi connectivity index (χ2n) is 6.18. The number of fused-ring (bicyclic) bond motifs is 2. The van der Waals surface area contributed by atoms with Crippen LogP contribution in [0.25, 0.3) is 17.2 Å². The molecule has 0 aliphatic carbocycles. The number of nitrogens with one attached hydrogen (secondary N) is 2. The number of carbonyl (C=O) groups excluding carboxylic acids is 1. The first kappa shape index (κ1) is 17.5. The predicted octanol–water partition coefficient (Wildman–Crippen LogP) is 1.73. The average Bonchev–Trinajstić information content (AvgIpc) is 3.27. The predicted molar refractivity (Wildman–Crippen MR) is 97.8 cm³/mol. The van der Waals surface area contributed by atoms with Crippen molar-refractivity contribution in [2.45, 2.75) is 13.1 Å². The molecule has 0 saturated carbocycles. The van der Waals surface area contributed by atoms with E-state index in [-0.39, 0.29) is 30.7 Å². The number of hydrogen-bond acceptors (Lipinski definition) is 5. The van der Waals surface area contributed by atoms with E-state index in [1.54, 1.807) is 23.0 Å². The third-order valence-corrected chi connectivity index (χ3v) is 4.47. The fraction of sp³-hybridized carbons (Fsp3) is 0.235. The van der Waals surface area contributed by atoms with Gasteiger partial charge < -0.3 is 15.4 Å². The van der Waals surface area contributed by atoms with Crippen LogP contribution in [0.2, 0.25) is 0 Å². The zero-order valence-corrected chi connectivity index (χ0v) is 14.9. The Bertz CT molecular complexity index is 1010. The third-order valence-electron chi connectivity index (χ3n) is 4.47. The third kappa shape index (κ3) is 2.94. The Hall–Kier alpha value is -2.91. The molecule has 0 bridgehead atoms. The van der Waals surface area contributed by atoms with Gasteiger partial charge in [-0.1, -0.05) is 0 Å². The number of carbonyl (C=O) groups is 1. The molecular weight excluding hydrogens is 375 g/mol. The van der Waals surface area contributed by atoms with Gasteiger partial charge in [0.25, 0.3) is 5.91 Å². The fourth-order valence-electron chi connectivity index (χ4n) is 3.29. The molecule has 10 heteroatoms. The van der Waals surface area contributed by atoms with Gasteiger partial charge in [0.2, 0.25) is 0 Å². The van der Waals surface area contributed by atoms with Crippen LogP contribution in [-0.4, -0.2) is 38.4 Å². The first-order chi connectivity index (χ1) is 12.7. The normalized spacial score (nSPS) is 15.2. The van der Waals surface area contributed by atoms with Crippen LogP contribution in [-0.2, 0) is 17.9 Å². The maximum Gasteiger partial charge on any atom is 0.262 e. The Balaban J connectivity index is 0.00000180. The van der Waals surface area contributed by atoms with Crippen molar-refractivity contribution >= 4 is 24.0 Å². The average molecular weight is 391 g/mol. The number of imidazole rings is 1. The summed E-state index contributed by atoms with van der Waals surface area (Å²) in [4.78, 5) is 15.9. The monoisotopic (exact) mass is 390 g/mol. The van der Waals surface area contributed by atoms with E-state index in [1.165, 1.54) is 6.07 Å². The Morgan fingerprint density at radius 3 is 3.00 bits per heavy atom. The molecule has 2 aromatic heterocycles. The van der Waals surface area contributed by atoms with Crippen molar-refractivity contribution in [3.05, 3.63) is 42.1 Å². The summed E-state index contributed by atoms with van der Waals surface area (Å²) in [6.45, 7) is 2.24. The molecule has 2 aliphatic heterocycles. The summed E-state index contributed by atoms with van der Waals surface area (Å²) in [6.07, 6.45) is 3.37. The minimum absolute atomic E-state index is 0. The van der Waals surface area contributed by atoms with Gasteiger partial charge in [-0.3, -0.25) is 14.0 Å². The van der Waals surface area contributed by atoms with Crippen LogP contribution in [0.3, 0.4) is 0 Å². The van der Waals surface area contributed by atoms with Gasteiger partial charge in [0.05, 0.1) is 23.6 Å². The van der Waals surface area contributed by atoms with Crippen LogP contribution in [0.15, 0.2) is 30.6 Å². The number of nitrogens with zero attached hydrogens (tertiary/aromatic N) is 4. The molecule has 5 rings (SSSR count). The highest BCUT2D eigenvalue weighted by molar-refractivity contribution is 5.95. The molecule has 2 N–H and O–H groups in total. The number of aromatic nitrogens is 4. The molecule has 0 atom stereocenters. The number of ether oxygens (including phenoxy) is 1. The SMILES string of the molecule is Cl.O=C1COc2c(F)cc(-n3ccnc3-c3cc4n(n3)CCNC4)cc2N1. The molecule has 1 aromatic carbocycles. The Kier molecular flexibility index (Phi) is 4.33. The number of rotatable bonds is 2. The summed E-state index contributed by atoms with van der Waals surface area (Å²) in [6, 6.07) is 5.00. The zero-order chi connectivity index (χ0) is 17.7. The molecule has 140 valence electrons. The second kappa shape index (κ2) is 6.67. The van der Waals surface area contributed by atoms with Crippen LogP contribution in [0, 0.1) is 5.82 Å². The van der Waals surface area contributed by atoms with Crippen molar-refractivity contribution in [2.24, 2.45) is 0 Å². The van der Waals surface area contributed by atoms with Gasteiger partial charge in [-0.05, 0) is 12.1 Å².